The molecule has 0 unspecified atom stereocenters. The monoisotopic (exact) mass is 392 g/mol. The van der Waals surface area contributed by atoms with Crippen molar-refractivity contribution in [2.75, 3.05) is 18.1 Å². The molecule has 0 saturated heterocycles. The van der Waals surface area contributed by atoms with Gasteiger partial charge in [0.05, 0.1) is 6.61 Å². The van der Waals surface area contributed by atoms with E-state index in [-0.39, 0.29) is 47.4 Å². The Balaban J connectivity index is -0.0000000929. The van der Waals surface area contributed by atoms with Crippen molar-refractivity contribution < 1.29 is 47.6 Å². The third kappa shape index (κ3) is 30.9. The summed E-state index contributed by atoms with van der Waals surface area (Å²) in [6.45, 7) is 11.8. The van der Waals surface area contributed by atoms with Gasteiger partial charge in [-0.25, -0.2) is 0 Å². The SMILES string of the molecule is C=C.CCOS(=O)(=O)Cc1ccccc1.CCS.CCS.[Na+].[OH-]. The molecule has 1 N–H and O–H groups in total. The second kappa shape index (κ2) is 27.4. The molecule has 0 aliphatic carbocycles. The molecule has 0 radical (unpaired) electrons. The quantitative estimate of drug-likeness (QED) is 0.348. The molecule has 1 aromatic carbocycles. The van der Waals surface area contributed by atoms with Crippen molar-refractivity contribution in [3.05, 3.63) is 49.1 Å². The maximum Gasteiger partial charge on any atom is 1.00 e. The van der Waals surface area contributed by atoms with Crippen LogP contribution in [0.4, 0.5) is 0 Å². The molecule has 0 aromatic heterocycles. The minimum Gasteiger partial charge on any atom is -0.870 e. The molecule has 0 bridgehead atoms. The van der Waals surface area contributed by atoms with E-state index in [9.17, 15) is 8.42 Å². The van der Waals surface area contributed by atoms with Gasteiger partial charge >= 0.3 is 29.6 Å². The van der Waals surface area contributed by atoms with E-state index in [0.717, 1.165) is 17.1 Å². The first-order valence-corrected chi connectivity index (χ1v) is 9.44. The van der Waals surface area contributed by atoms with E-state index in [1.54, 1.807) is 31.2 Å². The summed E-state index contributed by atoms with van der Waals surface area (Å²) in [7, 11) is -3.38. The van der Waals surface area contributed by atoms with Gasteiger partial charge in [0.15, 0.2) is 0 Å². The summed E-state index contributed by atoms with van der Waals surface area (Å²) >= 11 is 7.58. The van der Waals surface area contributed by atoms with Crippen LogP contribution in [0.15, 0.2) is 43.5 Å². The minimum atomic E-state index is -3.38. The molecule has 0 amide bonds. The Hall–Kier alpha value is 0.530. The van der Waals surface area contributed by atoms with Gasteiger partial charge in [0.1, 0.15) is 5.75 Å². The number of rotatable bonds is 4. The van der Waals surface area contributed by atoms with Gasteiger partial charge < -0.3 is 5.48 Å². The third-order valence-electron chi connectivity index (χ3n) is 1.48. The zero-order valence-corrected chi connectivity index (χ0v) is 19.2. The number of hydrogen-bond donors (Lipinski definition) is 2. The van der Waals surface area contributed by atoms with Gasteiger partial charge in [-0.05, 0) is 24.0 Å². The summed E-state index contributed by atoms with van der Waals surface area (Å²) in [6, 6.07) is 8.97. The zero-order valence-electron chi connectivity index (χ0n) is 14.6. The van der Waals surface area contributed by atoms with Gasteiger partial charge in [-0.3, -0.25) is 4.18 Å². The largest absolute Gasteiger partial charge is 1.00 e. The van der Waals surface area contributed by atoms with Crippen LogP contribution >= 0.6 is 25.3 Å². The molecule has 0 atom stereocenters. The van der Waals surface area contributed by atoms with Crippen LogP contribution in [0.2, 0.25) is 0 Å². The van der Waals surface area contributed by atoms with Crippen molar-refractivity contribution >= 4 is 35.4 Å². The molecule has 1 aromatic rings. The van der Waals surface area contributed by atoms with Gasteiger partial charge in [0.2, 0.25) is 0 Å². The summed E-state index contributed by atoms with van der Waals surface area (Å²) in [4.78, 5) is 0. The molecule has 1 rings (SSSR count). The topological polar surface area (TPSA) is 73.4 Å². The average Bonchev–Trinajstić information content (AvgIpc) is 2.43. The molecule has 4 nitrogen and oxygen atoms in total. The molecule has 0 fully saturated rings. The van der Waals surface area contributed by atoms with E-state index in [1.165, 1.54) is 0 Å². The fourth-order valence-corrected chi connectivity index (χ4v) is 2.04. The Morgan fingerprint density at radius 3 is 1.65 bits per heavy atom. The number of hydrogen-bond acceptors (Lipinski definition) is 6. The Bertz CT molecular complexity index is 398. The van der Waals surface area contributed by atoms with Gasteiger partial charge in [-0.2, -0.15) is 33.7 Å². The summed E-state index contributed by atoms with van der Waals surface area (Å²) in [5, 5.41) is 0. The normalized spacial score (nSPS) is 8.22. The smallest absolute Gasteiger partial charge is 0.870 e. The molecular weight excluding hydrogens is 363 g/mol. The fourth-order valence-electron chi connectivity index (χ4n) is 1.000. The van der Waals surface area contributed by atoms with Crippen molar-refractivity contribution in [2.45, 2.75) is 26.5 Å². The van der Waals surface area contributed by atoms with E-state index in [4.69, 9.17) is 0 Å². The van der Waals surface area contributed by atoms with E-state index in [0.29, 0.717) is 0 Å². The second-order valence-corrected chi connectivity index (χ2v) is 6.13. The van der Waals surface area contributed by atoms with Crippen LogP contribution in [0.1, 0.15) is 26.3 Å². The minimum absolute atomic E-state index is 0. The molecule has 0 aliphatic rings. The van der Waals surface area contributed by atoms with E-state index >= 15 is 0 Å². The van der Waals surface area contributed by atoms with Crippen molar-refractivity contribution in [2.24, 2.45) is 0 Å². The van der Waals surface area contributed by atoms with E-state index < -0.39 is 10.1 Å². The number of benzene rings is 1. The van der Waals surface area contributed by atoms with Gasteiger partial charge in [-0.1, -0.05) is 44.2 Å². The van der Waals surface area contributed by atoms with Crippen LogP contribution in [-0.2, 0) is 20.1 Å². The zero-order chi connectivity index (χ0) is 17.1. The van der Waals surface area contributed by atoms with E-state index in [2.05, 4.69) is 42.6 Å². The van der Waals surface area contributed by atoms with Crippen molar-refractivity contribution in [1.29, 1.82) is 0 Å². The maximum absolute atomic E-state index is 11.2. The molecule has 0 spiro atoms. The first-order valence-electron chi connectivity index (χ1n) is 6.60. The van der Waals surface area contributed by atoms with Crippen molar-refractivity contribution in [1.82, 2.24) is 0 Å². The Morgan fingerprint density at radius 2 is 1.35 bits per heavy atom. The van der Waals surface area contributed by atoms with Gasteiger partial charge in [0, 0.05) is 0 Å². The fraction of sp³-hybridized carbons (Fsp3) is 0.467. The summed E-state index contributed by atoms with van der Waals surface area (Å²) in [6.07, 6.45) is 0. The van der Waals surface area contributed by atoms with Crippen LogP contribution in [0, 0.1) is 0 Å². The molecular formula is C15H29NaO4S3. The molecule has 0 saturated carbocycles. The predicted octanol–water partition coefficient (Wildman–Crippen LogP) is 1.05. The molecule has 132 valence electrons. The predicted molar refractivity (Wildman–Crippen MR) is 103 cm³/mol. The molecule has 8 heteroatoms. The summed E-state index contributed by atoms with van der Waals surface area (Å²) < 4.78 is 27.0. The van der Waals surface area contributed by atoms with E-state index in [1.807, 2.05) is 19.9 Å². The van der Waals surface area contributed by atoms with Crippen LogP contribution < -0.4 is 29.6 Å². The van der Waals surface area contributed by atoms with Gasteiger partial charge in [-0.15, -0.1) is 13.2 Å². The first-order chi connectivity index (χ1) is 9.97. The first kappa shape index (κ1) is 34.8. The van der Waals surface area contributed by atoms with Crippen LogP contribution in [0.5, 0.6) is 0 Å². The summed E-state index contributed by atoms with van der Waals surface area (Å²) in [5.41, 5.74) is 0.746. The van der Waals surface area contributed by atoms with Crippen molar-refractivity contribution in [3.63, 3.8) is 0 Å². The maximum atomic E-state index is 11.2. The average molecular weight is 393 g/mol. The molecule has 0 aliphatic heterocycles. The molecule has 23 heavy (non-hydrogen) atoms. The second-order valence-electron chi connectivity index (χ2n) is 3.23. The van der Waals surface area contributed by atoms with Crippen LogP contribution in [0.3, 0.4) is 0 Å². The van der Waals surface area contributed by atoms with Crippen molar-refractivity contribution in [3.8, 4) is 0 Å². The Labute approximate surface area is 175 Å². The molecule has 0 heterocycles. The Morgan fingerprint density at radius 1 is 1.00 bits per heavy atom. The number of thiol groups is 2. The van der Waals surface area contributed by atoms with Crippen LogP contribution in [0.25, 0.3) is 0 Å². The summed E-state index contributed by atoms with van der Waals surface area (Å²) in [5.74, 6) is 1.83. The standard InChI is InChI=1S/C9H12O3S.2C2H6S.C2H4.Na.H2O/c1-2-12-13(10,11)8-9-6-4-3-5-7-9;2*1-2-3;1-2;;/h3-7H,2,8H2,1H3;2*3H,2H2,1H3;1-2H2;;1H2/q;;;;+1;/p-1. The van der Waals surface area contributed by atoms with Gasteiger partial charge in [0.25, 0.3) is 10.1 Å². The third-order valence-corrected chi connectivity index (χ3v) is 2.77. The Kier molecular flexibility index (Phi) is 41.4. The van der Waals surface area contributed by atoms with Crippen LogP contribution in [-0.4, -0.2) is 32.0 Å².